The second kappa shape index (κ2) is 7.39. The second-order valence-corrected chi connectivity index (χ2v) is 1.01. The molecule has 1 atom stereocenters. The molecular formula is C3H7NaO4. The van der Waals surface area contributed by atoms with Gasteiger partial charge in [0.1, 0.15) is 6.10 Å². The molecule has 0 saturated carbocycles. The first-order chi connectivity index (χ1) is 2.64. The van der Waals surface area contributed by atoms with Crippen LogP contribution in [0.4, 0.5) is 0 Å². The van der Waals surface area contributed by atoms with Crippen molar-refractivity contribution in [1.29, 1.82) is 0 Å². The topological polar surface area (TPSA) is 87.5 Å². The zero-order valence-electron chi connectivity index (χ0n) is 4.83. The minimum atomic E-state index is -1.23. The van der Waals surface area contributed by atoms with Crippen LogP contribution in [0.1, 0.15) is 6.92 Å². The van der Waals surface area contributed by atoms with Crippen molar-refractivity contribution in [3.63, 3.8) is 0 Å². The first-order valence-corrected chi connectivity index (χ1v) is 1.55. The van der Waals surface area contributed by atoms with E-state index in [2.05, 4.69) is 0 Å². The minimum absolute atomic E-state index is 0. The van der Waals surface area contributed by atoms with Gasteiger partial charge in [-0.2, -0.15) is 0 Å². The van der Waals surface area contributed by atoms with Crippen LogP contribution in [0.15, 0.2) is 0 Å². The van der Waals surface area contributed by atoms with E-state index in [1.165, 1.54) is 6.92 Å². The van der Waals surface area contributed by atoms with E-state index in [4.69, 9.17) is 10.2 Å². The van der Waals surface area contributed by atoms with Gasteiger partial charge in [-0.3, -0.25) is 0 Å². The minimum Gasteiger partial charge on any atom is -0.870 e. The molecule has 0 rings (SSSR count). The molecule has 1 unspecified atom stereocenters. The quantitative estimate of drug-likeness (QED) is 0.357. The van der Waals surface area contributed by atoms with Gasteiger partial charge in [0.15, 0.2) is 0 Å². The van der Waals surface area contributed by atoms with E-state index in [9.17, 15) is 4.79 Å². The molecule has 5 heteroatoms. The summed E-state index contributed by atoms with van der Waals surface area (Å²) in [5.74, 6) is -1.19. The second-order valence-electron chi connectivity index (χ2n) is 1.01. The monoisotopic (exact) mass is 130 g/mol. The summed E-state index contributed by atoms with van der Waals surface area (Å²) >= 11 is 0. The number of hydrogen-bond acceptors (Lipinski definition) is 3. The van der Waals surface area contributed by atoms with Crippen molar-refractivity contribution in [1.82, 2.24) is 0 Å². The van der Waals surface area contributed by atoms with Gasteiger partial charge in [-0.05, 0) is 6.92 Å². The molecule has 0 aromatic heterocycles. The zero-order chi connectivity index (χ0) is 5.15. The predicted molar refractivity (Wildman–Crippen MR) is 21.3 cm³/mol. The van der Waals surface area contributed by atoms with Gasteiger partial charge >= 0.3 is 35.5 Å². The maximum absolute atomic E-state index is 9.45. The summed E-state index contributed by atoms with van der Waals surface area (Å²) in [4.78, 5) is 9.45. The molecule has 0 aliphatic heterocycles. The van der Waals surface area contributed by atoms with Crippen LogP contribution in [-0.2, 0) is 4.79 Å². The Bertz CT molecular complexity index is 62.3. The average Bonchev–Trinajstić information content (AvgIpc) is 1.36. The van der Waals surface area contributed by atoms with Crippen LogP contribution in [0.5, 0.6) is 0 Å². The van der Waals surface area contributed by atoms with Gasteiger partial charge in [0.2, 0.25) is 0 Å². The Hall–Kier alpha value is 0.390. The van der Waals surface area contributed by atoms with Crippen LogP contribution in [0.3, 0.4) is 0 Å². The number of carboxylic acid groups (broad SMARTS) is 1. The van der Waals surface area contributed by atoms with Crippen molar-refractivity contribution in [2.75, 3.05) is 0 Å². The fourth-order valence-electron chi connectivity index (χ4n) is 0. The first kappa shape index (κ1) is 15.8. The summed E-state index contributed by atoms with van der Waals surface area (Å²) in [5.41, 5.74) is 0. The largest absolute Gasteiger partial charge is 1.00 e. The molecule has 4 nitrogen and oxygen atoms in total. The van der Waals surface area contributed by atoms with Crippen LogP contribution < -0.4 is 29.6 Å². The third-order valence-electron chi connectivity index (χ3n) is 0.357. The van der Waals surface area contributed by atoms with Crippen LogP contribution in [-0.4, -0.2) is 27.8 Å². The molecule has 44 valence electrons. The van der Waals surface area contributed by atoms with Crippen molar-refractivity contribution < 1.29 is 50.0 Å². The van der Waals surface area contributed by atoms with Gasteiger partial charge in [-0.15, -0.1) is 0 Å². The molecule has 0 heterocycles. The van der Waals surface area contributed by atoms with Crippen molar-refractivity contribution in [2.24, 2.45) is 0 Å². The molecular weight excluding hydrogens is 123 g/mol. The van der Waals surface area contributed by atoms with Crippen molar-refractivity contribution in [2.45, 2.75) is 13.0 Å². The predicted octanol–water partition coefficient (Wildman–Crippen LogP) is -3.72. The Morgan fingerprint density at radius 3 is 1.75 bits per heavy atom. The fraction of sp³-hybridized carbons (Fsp3) is 0.667. The third-order valence-corrected chi connectivity index (χ3v) is 0.357. The molecule has 0 saturated heterocycles. The van der Waals surface area contributed by atoms with Crippen molar-refractivity contribution in [3.05, 3.63) is 0 Å². The molecule has 0 aromatic carbocycles. The molecule has 0 aromatic rings. The summed E-state index contributed by atoms with van der Waals surface area (Å²) in [6.45, 7) is 1.20. The zero-order valence-corrected chi connectivity index (χ0v) is 6.83. The fourth-order valence-corrected chi connectivity index (χ4v) is 0. The standard InChI is InChI=1S/C3H6O3.Na.H2O/c1-2(4)3(5)6;;/h2,4H,1H3,(H,5,6);;1H2/q;+1;/p-1. The van der Waals surface area contributed by atoms with Crippen molar-refractivity contribution >= 4 is 5.97 Å². The Labute approximate surface area is 69.1 Å². The van der Waals surface area contributed by atoms with Crippen molar-refractivity contribution in [3.8, 4) is 0 Å². The number of aliphatic carboxylic acids is 1. The number of aliphatic hydroxyl groups excluding tert-OH is 1. The summed E-state index contributed by atoms with van der Waals surface area (Å²) < 4.78 is 0. The van der Waals surface area contributed by atoms with Crippen LogP contribution >= 0.6 is 0 Å². The average molecular weight is 130 g/mol. The molecule has 0 amide bonds. The molecule has 0 radical (unpaired) electrons. The Morgan fingerprint density at radius 2 is 1.75 bits per heavy atom. The maximum Gasteiger partial charge on any atom is 1.00 e. The molecule has 0 fully saturated rings. The van der Waals surface area contributed by atoms with Crippen LogP contribution in [0.2, 0.25) is 0 Å². The summed E-state index contributed by atoms with van der Waals surface area (Å²) in [6.07, 6.45) is -1.23. The van der Waals surface area contributed by atoms with E-state index < -0.39 is 12.1 Å². The van der Waals surface area contributed by atoms with Gasteiger partial charge in [-0.1, -0.05) is 0 Å². The van der Waals surface area contributed by atoms with Gasteiger partial charge in [0.25, 0.3) is 0 Å². The summed E-state index contributed by atoms with van der Waals surface area (Å²) in [7, 11) is 0. The van der Waals surface area contributed by atoms with Crippen LogP contribution in [0, 0.1) is 0 Å². The number of hydrogen-bond donors (Lipinski definition) is 2. The van der Waals surface area contributed by atoms with E-state index in [0.29, 0.717) is 0 Å². The number of aliphatic hydroxyl groups is 1. The summed E-state index contributed by atoms with van der Waals surface area (Å²) in [6, 6.07) is 0. The van der Waals surface area contributed by atoms with Gasteiger partial charge in [-0.25, -0.2) is 4.79 Å². The molecule has 0 bridgehead atoms. The number of carboxylic acids is 1. The number of carbonyl (C=O) groups is 1. The van der Waals surface area contributed by atoms with Crippen LogP contribution in [0.25, 0.3) is 0 Å². The number of rotatable bonds is 1. The SMILES string of the molecule is CC(O)C(=O)O.[Na+].[OH-]. The van der Waals surface area contributed by atoms with E-state index in [1.807, 2.05) is 0 Å². The molecule has 0 spiro atoms. The molecule has 8 heavy (non-hydrogen) atoms. The molecule has 0 aliphatic rings. The Balaban J connectivity index is -0.000000125. The normalized spacial score (nSPS) is 10.2. The maximum atomic E-state index is 9.45. The first-order valence-electron chi connectivity index (χ1n) is 1.55. The smallest absolute Gasteiger partial charge is 0.870 e. The summed E-state index contributed by atoms with van der Waals surface area (Å²) in [5, 5.41) is 15.8. The van der Waals surface area contributed by atoms with Gasteiger partial charge in [0.05, 0.1) is 0 Å². The molecule has 3 N–H and O–H groups in total. The van der Waals surface area contributed by atoms with E-state index in [0.717, 1.165) is 0 Å². The van der Waals surface area contributed by atoms with E-state index in [1.54, 1.807) is 0 Å². The van der Waals surface area contributed by atoms with Gasteiger partial charge < -0.3 is 15.7 Å². The molecule has 0 aliphatic carbocycles. The van der Waals surface area contributed by atoms with Gasteiger partial charge in [0, 0.05) is 0 Å². The Morgan fingerprint density at radius 1 is 1.62 bits per heavy atom. The van der Waals surface area contributed by atoms with E-state index >= 15 is 0 Å². The van der Waals surface area contributed by atoms with E-state index in [-0.39, 0.29) is 35.0 Å². The Kier molecular flexibility index (Phi) is 14.6. The third kappa shape index (κ3) is 9.63.